The molecule has 1 aromatic heterocycles. The SMILES string of the molecule is COc1[nH]cc(C(F)F)c(=O)c1C(=O)N1CCNCC1. The first kappa shape index (κ1) is 14.4. The van der Waals surface area contributed by atoms with Gasteiger partial charge in [-0.15, -0.1) is 0 Å². The van der Waals surface area contributed by atoms with E-state index in [4.69, 9.17) is 4.74 Å². The molecule has 0 atom stereocenters. The van der Waals surface area contributed by atoms with E-state index in [1.165, 1.54) is 12.0 Å². The first-order chi connectivity index (χ1) is 9.56. The number of hydrogen-bond donors (Lipinski definition) is 2. The van der Waals surface area contributed by atoms with Crippen LogP contribution in [-0.4, -0.2) is 49.1 Å². The van der Waals surface area contributed by atoms with Crippen molar-refractivity contribution < 1.29 is 18.3 Å². The molecule has 0 radical (unpaired) electrons. The van der Waals surface area contributed by atoms with Crippen LogP contribution in [0.15, 0.2) is 11.0 Å². The van der Waals surface area contributed by atoms with E-state index in [0.717, 1.165) is 6.20 Å². The molecule has 2 heterocycles. The average molecular weight is 287 g/mol. The van der Waals surface area contributed by atoms with Gasteiger partial charge in [0.1, 0.15) is 5.56 Å². The zero-order valence-corrected chi connectivity index (χ0v) is 10.9. The topological polar surface area (TPSA) is 74.4 Å². The fourth-order valence-corrected chi connectivity index (χ4v) is 2.07. The highest BCUT2D eigenvalue weighted by molar-refractivity contribution is 5.96. The Kier molecular flexibility index (Phi) is 4.33. The van der Waals surface area contributed by atoms with Crippen molar-refractivity contribution in [1.29, 1.82) is 0 Å². The number of aromatic amines is 1. The fourth-order valence-electron chi connectivity index (χ4n) is 2.07. The van der Waals surface area contributed by atoms with Crippen LogP contribution in [0, 0.1) is 0 Å². The zero-order chi connectivity index (χ0) is 14.7. The number of methoxy groups -OCH3 is 1. The number of amides is 1. The van der Waals surface area contributed by atoms with Gasteiger partial charge in [-0.2, -0.15) is 0 Å². The van der Waals surface area contributed by atoms with Crippen molar-refractivity contribution in [2.24, 2.45) is 0 Å². The first-order valence-electron chi connectivity index (χ1n) is 6.14. The van der Waals surface area contributed by atoms with E-state index < -0.39 is 23.3 Å². The Bertz CT molecular complexity index is 553. The predicted octanol–water partition coefficient (Wildman–Crippen LogP) is 0.366. The number of rotatable bonds is 3. The van der Waals surface area contributed by atoms with Crippen LogP contribution in [0.4, 0.5) is 8.78 Å². The van der Waals surface area contributed by atoms with Gasteiger partial charge >= 0.3 is 0 Å². The van der Waals surface area contributed by atoms with Crippen LogP contribution >= 0.6 is 0 Å². The predicted molar refractivity (Wildman–Crippen MR) is 67.3 cm³/mol. The lowest BCUT2D eigenvalue weighted by atomic mass is 10.1. The summed E-state index contributed by atoms with van der Waals surface area (Å²) in [6.07, 6.45) is -2.07. The van der Waals surface area contributed by atoms with Crippen LogP contribution in [0.25, 0.3) is 0 Å². The number of carbonyl (C=O) groups excluding carboxylic acids is 1. The minimum atomic E-state index is -2.95. The molecule has 1 fully saturated rings. The molecular weight excluding hydrogens is 272 g/mol. The quantitative estimate of drug-likeness (QED) is 0.842. The van der Waals surface area contributed by atoms with Crippen LogP contribution in [0.1, 0.15) is 22.3 Å². The fraction of sp³-hybridized carbons (Fsp3) is 0.500. The second kappa shape index (κ2) is 6.00. The number of pyridine rings is 1. The maximum Gasteiger partial charge on any atom is 0.269 e. The van der Waals surface area contributed by atoms with E-state index in [-0.39, 0.29) is 11.4 Å². The van der Waals surface area contributed by atoms with Gasteiger partial charge in [0.05, 0.1) is 12.7 Å². The Labute approximate surface area is 113 Å². The lowest BCUT2D eigenvalue weighted by Crippen LogP contribution is -2.47. The second-order valence-electron chi connectivity index (χ2n) is 4.32. The van der Waals surface area contributed by atoms with Crippen molar-refractivity contribution in [3.8, 4) is 5.88 Å². The third-order valence-corrected chi connectivity index (χ3v) is 3.13. The summed E-state index contributed by atoms with van der Waals surface area (Å²) >= 11 is 0. The van der Waals surface area contributed by atoms with Crippen molar-refractivity contribution in [1.82, 2.24) is 15.2 Å². The third-order valence-electron chi connectivity index (χ3n) is 3.13. The van der Waals surface area contributed by atoms with E-state index in [1.807, 2.05) is 0 Å². The lowest BCUT2D eigenvalue weighted by molar-refractivity contribution is 0.0729. The number of nitrogens with zero attached hydrogens (tertiary/aromatic N) is 1. The molecule has 110 valence electrons. The van der Waals surface area contributed by atoms with Gasteiger partial charge in [0.2, 0.25) is 11.3 Å². The van der Waals surface area contributed by atoms with Crippen LogP contribution in [0.2, 0.25) is 0 Å². The molecule has 8 heteroatoms. The van der Waals surface area contributed by atoms with Gasteiger partial charge in [-0.25, -0.2) is 8.78 Å². The highest BCUT2D eigenvalue weighted by Crippen LogP contribution is 2.20. The number of hydrogen-bond acceptors (Lipinski definition) is 4. The smallest absolute Gasteiger partial charge is 0.269 e. The maximum atomic E-state index is 12.8. The number of ether oxygens (including phenoxy) is 1. The molecule has 0 bridgehead atoms. The molecular formula is C12H15F2N3O3. The van der Waals surface area contributed by atoms with Crippen molar-refractivity contribution >= 4 is 5.91 Å². The maximum absolute atomic E-state index is 12.8. The molecule has 0 unspecified atom stereocenters. The number of H-pyrrole nitrogens is 1. The number of alkyl halides is 2. The van der Waals surface area contributed by atoms with Crippen molar-refractivity contribution in [3.63, 3.8) is 0 Å². The highest BCUT2D eigenvalue weighted by Gasteiger charge is 2.27. The molecule has 0 spiro atoms. The van der Waals surface area contributed by atoms with E-state index >= 15 is 0 Å². The van der Waals surface area contributed by atoms with Gasteiger partial charge < -0.3 is 19.9 Å². The first-order valence-corrected chi connectivity index (χ1v) is 6.14. The van der Waals surface area contributed by atoms with Gasteiger partial charge in [0, 0.05) is 32.4 Å². The van der Waals surface area contributed by atoms with Crippen molar-refractivity contribution in [3.05, 3.63) is 27.5 Å². The number of piperazine rings is 1. The van der Waals surface area contributed by atoms with Crippen molar-refractivity contribution in [2.45, 2.75) is 6.43 Å². The van der Waals surface area contributed by atoms with Crippen LogP contribution < -0.4 is 15.5 Å². The standard InChI is InChI=1S/C12H15F2N3O3/c1-20-11-8(9(18)7(6-16-11)10(13)14)12(19)17-4-2-15-3-5-17/h6,10,15H,2-5H2,1H3,(H,16,18). The molecule has 2 N–H and O–H groups in total. The monoisotopic (exact) mass is 287 g/mol. The van der Waals surface area contributed by atoms with Gasteiger partial charge in [-0.05, 0) is 0 Å². The van der Waals surface area contributed by atoms with Crippen molar-refractivity contribution in [2.75, 3.05) is 33.3 Å². The molecule has 0 aromatic carbocycles. The molecule has 1 aliphatic rings. The summed E-state index contributed by atoms with van der Waals surface area (Å²) in [6, 6.07) is 0. The summed E-state index contributed by atoms with van der Waals surface area (Å²) in [4.78, 5) is 28.2. The van der Waals surface area contributed by atoms with Gasteiger partial charge in [0.15, 0.2) is 0 Å². The summed E-state index contributed by atoms with van der Waals surface area (Å²) in [6.45, 7) is 2.03. The van der Waals surface area contributed by atoms with Gasteiger partial charge in [-0.3, -0.25) is 9.59 Å². The summed E-state index contributed by atoms with van der Waals surface area (Å²) in [5.41, 5.74) is -2.09. The number of carbonyl (C=O) groups is 1. The number of halogens is 2. The zero-order valence-electron chi connectivity index (χ0n) is 10.9. The number of nitrogens with one attached hydrogen (secondary N) is 2. The van der Waals surface area contributed by atoms with Gasteiger partial charge in [-0.1, -0.05) is 0 Å². The summed E-state index contributed by atoms with van der Waals surface area (Å²) < 4.78 is 30.4. The van der Waals surface area contributed by atoms with E-state index in [9.17, 15) is 18.4 Å². The average Bonchev–Trinajstić information content (AvgIpc) is 2.46. The number of aromatic nitrogens is 1. The Morgan fingerprint density at radius 3 is 2.60 bits per heavy atom. The summed E-state index contributed by atoms with van der Waals surface area (Å²) in [5, 5.41) is 3.06. The third kappa shape index (κ3) is 2.64. The molecule has 6 nitrogen and oxygen atoms in total. The molecule has 1 amide bonds. The minimum Gasteiger partial charge on any atom is -0.482 e. The van der Waals surface area contributed by atoms with E-state index in [2.05, 4.69) is 10.3 Å². The minimum absolute atomic E-state index is 0.0945. The highest BCUT2D eigenvalue weighted by atomic mass is 19.3. The molecule has 1 aromatic rings. The lowest BCUT2D eigenvalue weighted by Gasteiger charge is -2.27. The summed E-state index contributed by atoms with van der Waals surface area (Å²) in [5.74, 6) is -0.685. The van der Waals surface area contributed by atoms with E-state index in [0.29, 0.717) is 26.2 Å². The largest absolute Gasteiger partial charge is 0.482 e. The molecule has 2 rings (SSSR count). The Morgan fingerprint density at radius 1 is 1.40 bits per heavy atom. The van der Waals surface area contributed by atoms with E-state index in [1.54, 1.807) is 0 Å². The molecule has 1 saturated heterocycles. The molecule has 20 heavy (non-hydrogen) atoms. The summed E-state index contributed by atoms with van der Waals surface area (Å²) in [7, 11) is 1.27. The van der Waals surface area contributed by atoms with Crippen LogP contribution in [0.5, 0.6) is 5.88 Å². The Balaban J connectivity index is 2.45. The van der Waals surface area contributed by atoms with Gasteiger partial charge in [0.25, 0.3) is 12.3 Å². The second-order valence-corrected chi connectivity index (χ2v) is 4.32. The normalized spacial score (nSPS) is 15.5. The molecule has 0 aliphatic carbocycles. The Hall–Kier alpha value is -1.96. The Morgan fingerprint density at radius 2 is 2.05 bits per heavy atom. The molecule has 0 saturated carbocycles. The van der Waals surface area contributed by atoms with Crippen LogP contribution in [-0.2, 0) is 0 Å². The molecule has 1 aliphatic heterocycles. The van der Waals surface area contributed by atoms with Crippen LogP contribution in [0.3, 0.4) is 0 Å².